The summed E-state index contributed by atoms with van der Waals surface area (Å²) in [4.78, 5) is 24.0. The number of benzene rings is 1. The monoisotopic (exact) mass is 248 g/mol. The summed E-state index contributed by atoms with van der Waals surface area (Å²) in [7, 11) is 0. The van der Waals surface area contributed by atoms with Gasteiger partial charge >= 0.3 is 11.6 Å². The number of carbonyl (C=O) groups is 1. The molecule has 2 rings (SSSR count). The van der Waals surface area contributed by atoms with E-state index in [1.807, 2.05) is 0 Å². The number of fused-ring (bicyclic) bond motifs is 1. The van der Waals surface area contributed by atoms with Crippen molar-refractivity contribution in [3.05, 3.63) is 40.6 Å². The van der Waals surface area contributed by atoms with Crippen LogP contribution < -0.4 is 9.74 Å². The lowest BCUT2D eigenvalue weighted by Gasteiger charge is -2.05. The van der Waals surface area contributed by atoms with E-state index >= 15 is 0 Å². The topological polar surface area (TPSA) is 77.2 Å². The van der Waals surface area contributed by atoms with Gasteiger partial charge in [0.2, 0.25) is 0 Å². The van der Waals surface area contributed by atoms with Crippen molar-refractivity contribution >= 4 is 16.9 Å². The van der Waals surface area contributed by atoms with Gasteiger partial charge in [-0.15, -0.1) is 0 Å². The first-order valence-corrected chi connectivity index (χ1v) is 5.62. The number of amides is 1. The fourth-order valence-corrected chi connectivity index (χ4v) is 1.86. The van der Waals surface area contributed by atoms with Crippen LogP contribution in [0.5, 0.6) is 0 Å². The maximum absolute atomic E-state index is 12.1. The molecule has 1 amide bonds. The molecule has 0 aliphatic rings. The average molecular weight is 248 g/mol. The Labute approximate surface area is 103 Å². The summed E-state index contributed by atoms with van der Waals surface area (Å²) in [6.07, 6.45) is 0. The van der Waals surface area contributed by atoms with Crippen LogP contribution in [0.25, 0.3) is 11.0 Å². The second kappa shape index (κ2) is 4.48. The van der Waals surface area contributed by atoms with Crippen LogP contribution in [0.15, 0.2) is 24.3 Å². The van der Waals surface area contributed by atoms with E-state index in [0.717, 1.165) is 4.73 Å². The maximum Gasteiger partial charge on any atom is 0.350 e. The molecular formula is C12H14N3O3+. The summed E-state index contributed by atoms with van der Waals surface area (Å²) in [6, 6.07) is 6.54. The average Bonchev–Trinajstić information content (AvgIpc) is 2.37. The zero-order valence-corrected chi connectivity index (χ0v) is 10.2. The van der Waals surface area contributed by atoms with Crippen LogP contribution in [0.1, 0.15) is 23.1 Å². The Morgan fingerprint density at radius 1 is 1.44 bits per heavy atom. The van der Waals surface area contributed by atoms with Crippen molar-refractivity contribution in [3.63, 3.8) is 0 Å². The minimum atomic E-state index is -0.501. The fraction of sp³-hybridized carbons (Fsp3) is 0.250. The molecule has 18 heavy (non-hydrogen) atoms. The van der Waals surface area contributed by atoms with Gasteiger partial charge in [-0.3, -0.25) is 4.79 Å². The highest BCUT2D eigenvalue weighted by atomic mass is 16.5. The predicted octanol–water partition coefficient (Wildman–Crippen LogP) is 0.851. The van der Waals surface area contributed by atoms with E-state index in [2.05, 4.69) is 5.32 Å². The quantitative estimate of drug-likeness (QED) is 0.611. The molecule has 2 aromatic rings. The van der Waals surface area contributed by atoms with Crippen LogP contribution in [0, 0.1) is 11.8 Å². The number of nitrogens with one attached hydrogen (secondary N) is 1. The van der Waals surface area contributed by atoms with Crippen molar-refractivity contribution in [1.29, 1.82) is 0 Å². The minimum Gasteiger partial charge on any atom is -0.428 e. The third-order valence-corrected chi connectivity index (χ3v) is 2.74. The smallest absolute Gasteiger partial charge is 0.350 e. The first kappa shape index (κ1) is 12.1. The molecule has 0 aliphatic carbocycles. The van der Waals surface area contributed by atoms with E-state index in [4.69, 9.17) is 0 Å². The van der Waals surface area contributed by atoms with E-state index in [1.165, 1.54) is 6.92 Å². The summed E-state index contributed by atoms with van der Waals surface area (Å²) in [5.41, 5.74) is 0.706. The second-order valence-corrected chi connectivity index (χ2v) is 3.89. The summed E-state index contributed by atoms with van der Waals surface area (Å²) in [5.74, 6) is -0.501. The van der Waals surface area contributed by atoms with Crippen LogP contribution in [-0.2, 0) is 0 Å². The van der Waals surface area contributed by atoms with E-state index < -0.39 is 5.91 Å². The predicted molar refractivity (Wildman–Crippen MR) is 65.2 cm³/mol. The highest BCUT2D eigenvalue weighted by molar-refractivity contribution is 5.92. The number of para-hydroxylation sites is 2. The van der Waals surface area contributed by atoms with Gasteiger partial charge in [0, 0.05) is 17.5 Å². The SMILES string of the molecule is CCNC(=O)c1c(C)n(O)c2ccccc2[n+]1=O. The Morgan fingerprint density at radius 2 is 2.11 bits per heavy atom. The van der Waals surface area contributed by atoms with Crippen molar-refractivity contribution in [2.24, 2.45) is 0 Å². The Hall–Kier alpha value is -2.37. The van der Waals surface area contributed by atoms with Crippen LogP contribution in [0.4, 0.5) is 0 Å². The maximum atomic E-state index is 12.1. The molecular weight excluding hydrogens is 234 g/mol. The van der Waals surface area contributed by atoms with Crippen molar-refractivity contribution in [2.45, 2.75) is 13.8 Å². The van der Waals surface area contributed by atoms with Crippen molar-refractivity contribution in [2.75, 3.05) is 6.54 Å². The molecule has 0 saturated carbocycles. The molecule has 1 aromatic carbocycles. The van der Waals surface area contributed by atoms with Crippen LogP contribution in [-0.4, -0.2) is 22.4 Å². The van der Waals surface area contributed by atoms with Crippen molar-refractivity contribution in [3.8, 4) is 0 Å². The lowest BCUT2D eigenvalue weighted by Crippen LogP contribution is -2.36. The lowest BCUT2D eigenvalue weighted by atomic mass is 10.2. The number of rotatable bonds is 2. The standard InChI is InChI=1S/C12H13N3O3/c1-3-13-12(16)11-8(2)14(17)9-6-4-5-7-10(9)15(11)18/h4-7,17H,3H2,1-2H3/p+1. The van der Waals surface area contributed by atoms with Gasteiger partial charge in [0.05, 0.1) is 4.43 Å². The van der Waals surface area contributed by atoms with Gasteiger partial charge in [0.15, 0.2) is 5.52 Å². The molecule has 1 heterocycles. The van der Waals surface area contributed by atoms with Gasteiger partial charge in [-0.25, -0.2) is 0 Å². The molecule has 94 valence electrons. The molecule has 0 aliphatic heterocycles. The first-order valence-electron chi connectivity index (χ1n) is 5.62. The van der Waals surface area contributed by atoms with Gasteiger partial charge in [0.25, 0.3) is 5.52 Å². The molecule has 0 unspecified atom stereocenters. The molecule has 6 nitrogen and oxygen atoms in total. The number of hydrogen-bond acceptors (Lipinski definition) is 3. The Bertz CT molecular complexity index is 676. The van der Waals surface area contributed by atoms with Crippen LogP contribution in [0.2, 0.25) is 0 Å². The largest absolute Gasteiger partial charge is 0.428 e. The van der Waals surface area contributed by atoms with E-state index in [9.17, 15) is 14.9 Å². The number of hydrogen-bond donors (Lipinski definition) is 2. The number of carbonyl (C=O) groups excluding carboxylic acids is 1. The molecule has 1 aromatic heterocycles. The summed E-state index contributed by atoms with van der Waals surface area (Å²) in [5, 5.41) is 12.5. The first-order chi connectivity index (χ1) is 8.57. The molecule has 0 spiro atoms. The summed E-state index contributed by atoms with van der Waals surface area (Å²) < 4.78 is 1.40. The Kier molecular flexibility index (Phi) is 3.01. The van der Waals surface area contributed by atoms with E-state index in [1.54, 1.807) is 31.2 Å². The number of nitrogens with zero attached hydrogens (tertiary/aromatic N) is 2. The number of aromatic nitrogens is 2. The van der Waals surface area contributed by atoms with Gasteiger partial charge in [-0.05, 0) is 19.9 Å². The summed E-state index contributed by atoms with van der Waals surface area (Å²) >= 11 is 0. The normalized spacial score (nSPS) is 10.6. The Balaban J connectivity index is 2.83. The van der Waals surface area contributed by atoms with Gasteiger partial charge in [0.1, 0.15) is 5.69 Å². The minimum absolute atomic E-state index is 0.0990. The van der Waals surface area contributed by atoms with Gasteiger partial charge < -0.3 is 10.5 Å². The third kappa shape index (κ3) is 1.71. The third-order valence-electron chi connectivity index (χ3n) is 2.74. The lowest BCUT2D eigenvalue weighted by molar-refractivity contribution is -0.469. The molecule has 2 N–H and O–H groups in total. The molecule has 0 atom stereocenters. The molecule has 0 bridgehead atoms. The molecule has 0 fully saturated rings. The highest BCUT2D eigenvalue weighted by Gasteiger charge is 2.28. The fourth-order valence-electron chi connectivity index (χ4n) is 1.86. The molecule has 6 heteroatoms. The Morgan fingerprint density at radius 3 is 2.78 bits per heavy atom. The molecule has 0 saturated heterocycles. The van der Waals surface area contributed by atoms with Crippen LogP contribution in [0.3, 0.4) is 0 Å². The zero-order chi connectivity index (χ0) is 13.3. The second-order valence-electron chi connectivity index (χ2n) is 3.89. The summed E-state index contributed by atoms with van der Waals surface area (Å²) in [6.45, 7) is 3.69. The van der Waals surface area contributed by atoms with E-state index in [-0.39, 0.29) is 16.9 Å². The highest BCUT2D eigenvalue weighted by Crippen LogP contribution is 2.12. The van der Waals surface area contributed by atoms with Crippen LogP contribution >= 0.6 is 0 Å². The van der Waals surface area contributed by atoms with E-state index in [0.29, 0.717) is 16.5 Å². The van der Waals surface area contributed by atoms with Gasteiger partial charge in [-0.2, -0.15) is 4.73 Å². The zero-order valence-electron chi connectivity index (χ0n) is 10.2. The van der Waals surface area contributed by atoms with Crippen molar-refractivity contribution in [1.82, 2.24) is 10.0 Å². The molecule has 0 radical (unpaired) electrons. The van der Waals surface area contributed by atoms with Gasteiger partial charge in [-0.1, -0.05) is 12.1 Å². The van der Waals surface area contributed by atoms with Crippen molar-refractivity contribution < 1.29 is 14.4 Å².